The maximum Gasteiger partial charge on any atom is 0.252 e. The maximum atomic E-state index is 12.6. The Kier molecular flexibility index (Phi) is 5.68. The van der Waals surface area contributed by atoms with Crippen LogP contribution in [0, 0.1) is 0 Å². The van der Waals surface area contributed by atoms with Crippen LogP contribution in [0.2, 0.25) is 5.02 Å². The number of halogens is 1. The van der Waals surface area contributed by atoms with E-state index in [-0.39, 0.29) is 18.2 Å². The van der Waals surface area contributed by atoms with Gasteiger partial charge in [0, 0.05) is 23.8 Å². The highest BCUT2D eigenvalue weighted by molar-refractivity contribution is 6.30. The lowest BCUT2D eigenvalue weighted by molar-refractivity contribution is -0.155. The van der Waals surface area contributed by atoms with E-state index < -0.39 is 6.10 Å². The van der Waals surface area contributed by atoms with Crippen molar-refractivity contribution >= 4 is 29.1 Å². The molecule has 0 radical (unpaired) electrons. The van der Waals surface area contributed by atoms with Gasteiger partial charge in [-0.25, -0.2) is 0 Å². The molecule has 2 amide bonds. The van der Waals surface area contributed by atoms with Crippen LogP contribution >= 0.6 is 11.6 Å². The zero-order valence-electron chi connectivity index (χ0n) is 13.7. The molecule has 2 aromatic carbocycles. The molecule has 0 spiro atoms. The fraction of sp³-hybridized carbons (Fsp3) is 0.263. The van der Waals surface area contributed by atoms with Crippen LogP contribution < -0.4 is 5.32 Å². The number of amides is 2. The van der Waals surface area contributed by atoms with Gasteiger partial charge in [0.2, 0.25) is 5.91 Å². The minimum atomic E-state index is -0.753. The van der Waals surface area contributed by atoms with Crippen LogP contribution in [0.1, 0.15) is 12.0 Å². The number of morpholine rings is 1. The van der Waals surface area contributed by atoms with Crippen LogP contribution in [0.15, 0.2) is 54.6 Å². The summed E-state index contributed by atoms with van der Waals surface area (Å²) in [5.41, 5.74) is 1.65. The molecule has 1 aliphatic heterocycles. The lowest BCUT2D eigenvalue weighted by Gasteiger charge is -2.32. The third kappa shape index (κ3) is 4.81. The van der Waals surface area contributed by atoms with E-state index in [0.29, 0.717) is 30.4 Å². The van der Waals surface area contributed by atoms with Crippen molar-refractivity contribution in [2.75, 3.05) is 18.5 Å². The molecular formula is C19H19ClN2O3. The molecule has 1 heterocycles. The Labute approximate surface area is 151 Å². The Morgan fingerprint density at radius 1 is 1.20 bits per heavy atom. The number of carbonyl (C=O) groups is 2. The summed E-state index contributed by atoms with van der Waals surface area (Å²) in [4.78, 5) is 26.5. The topological polar surface area (TPSA) is 58.6 Å². The Bertz CT molecular complexity index is 751. The van der Waals surface area contributed by atoms with Crippen LogP contribution in [0.3, 0.4) is 0 Å². The van der Waals surface area contributed by atoms with Gasteiger partial charge in [0.25, 0.3) is 5.91 Å². The first-order valence-corrected chi connectivity index (χ1v) is 8.49. The van der Waals surface area contributed by atoms with Crippen LogP contribution in [0.5, 0.6) is 0 Å². The van der Waals surface area contributed by atoms with Gasteiger partial charge in [0.1, 0.15) is 6.10 Å². The zero-order valence-corrected chi connectivity index (χ0v) is 14.4. The van der Waals surface area contributed by atoms with Crippen LogP contribution in [0.4, 0.5) is 5.69 Å². The van der Waals surface area contributed by atoms with E-state index >= 15 is 0 Å². The molecule has 0 bridgehead atoms. The van der Waals surface area contributed by atoms with Gasteiger partial charge in [-0.05, 0) is 23.8 Å². The Hall–Kier alpha value is -2.37. The van der Waals surface area contributed by atoms with E-state index in [1.807, 2.05) is 30.3 Å². The number of nitrogens with zero attached hydrogens (tertiary/aromatic N) is 1. The molecule has 0 aliphatic carbocycles. The monoisotopic (exact) mass is 358 g/mol. The third-order valence-corrected chi connectivity index (χ3v) is 4.20. The van der Waals surface area contributed by atoms with Gasteiger partial charge >= 0.3 is 0 Å². The molecule has 2 aromatic rings. The molecule has 1 saturated heterocycles. The maximum absolute atomic E-state index is 12.6. The number of hydrogen-bond acceptors (Lipinski definition) is 3. The van der Waals surface area contributed by atoms with Crippen LogP contribution in [0.25, 0.3) is 0 Å². The Morgan fingerprint density at radius 3 is 2.76 bits per heavy atom. The highest BCUT2D eigenvalue weighted by atomic mass is 35.5. The molecule has 25 heavy (non-hydrogen) atoms. The Balaban J connectivity index is 1.58. The van der Waals surface area contributed by atoms with E-state index in [4.69, 9.17) is 16.3 Å². The van der Waals surface area contributed by atoms with Crippen LogP contribution in [-0.2, 0) is 20.9 Å². The normalized spacial score (nSPS) is 17.4. The van der Waals surface area contributed by atoms with E-state index in [1.54, 1.807) is 29.2 Å². The SMILES string of the molecule is O=C(C[C@H]1OCCN(Cc2ccccc2)C1=O)Nc1cccc(Cl)c1. The molecular weight excluding hydrogens is 340 g/mol. The first kappa shape index (κ1) is 17.5. The average molecular weight is 359 g/mol. The second-order valence-corrected chi connectivity index (χ2v) is 6.30. The summed E-state index contributed by atoms with van der Waals surface area (Å²) in [5, 5.41) is 3.28. The van der Waals surface area contributed by atoms with Gasteiger partial charge in [0.05, 0.1) is 13.0 Å². The number of benzene rings is 2. The zero-order chi connectivity index (χ0) is 17.6. The van der Waals surface area contributed by atoms with Crippen molar-refractivity contribution in [3.63, 3.8) is 0 Å². The number of carbonyl (C=O) groups excluding carboxylic acids is 2. The smallest absolute Gasteiger partial charge is 0.252 e. The van der Waals surface area contributed by atoms with E-state index in [2.05, 4.69) is 5.32 Å². The predicted octanol–water partition coefficient (Wildman–Crippen LogP) is 3.10. The van der Waals surface area contributed by atoms with Crippen molar-refractivity contribution in [3.05, 3.63) is 65.2 Å². The van der Waals surface area contributed by atoms with E-state index in [9.17, 15) is 9.59 Å². The van der Waals surface area contributed by atoms with Gasteiger partial charge in [-0.1, -0.05) is 48.0 Å². The van der Waals surface area contributed by atoms with Gasteiger partial charge in [-0.3, -0.25) is 9.59 Å². The largest absolute Gasteiger partial charge is 0.366 e. The summed E-state index contributed by atoms with van der Waals surface area (Å²) in [6.45, 7) is 1.48. The number of anilines is 1. The number of nitrogens with one attached hydrogen (secondary N) is 1. The average Bonchev–Trinajstić information content (AvgIpc) is 2.59. The second-order valence-electron chi connectivity index (χ2n) is 5.87. The van der Waals surface area contributed by atoms with Crippen molar-refractivity contribution in [2.45, 2.75) is 19.1 Å². The van der Waals surface area contributed by atoms with Crippen molar-refractivity contribution in [2.24, 2.45) is 0 Å². The summed E-state index contributed by atoms with van der Waals surface area (Å²) in [6, 6.07) is 16.7. The first-order chi connectivity index (χ1) is 12.1. The molecule has 6 heteroatoms. The molecule has 5 nitrogen and oxygen atoms in total. The molecule has 1 atom stereocenters. The van der Waals surface area contributed by atoms with Crippen LogP contribution in [-0.4, -0.2) is 36.0 Å². The lowest BCUT2D eigenvalue weighted by atomic mass is 10.1. The van der Waals surface area contributed by atoms with Crippen molar-refractivity contribution in [1.82, 2.24) is 4.90 Å². The number of rotatable bonds is 5. The standard InChI is InChI=1S/C19H19ClN2O3/c20-15-7-4-8-16(11-15)21-18(23)12-17-19(24)22(9-10-25-17)13-14-5-2-1-3-6-14/h1-8,11,17H,9-10,12-13H2,(H,21,23)/t17-/m1/s1. The molecule has 0 unspecified atom stereocenters. The van der Waals surface area contributed by atoms with Crippen molar-refractivity contribution in [1.29, 1.82) is 0 Å². The third-order valence-electron chi connectivity index (χ3n) is 3.96. The minimum absolute atomic E-state index is 0.0172. The van der Waals surface area contributed by atoms with E-state index in [0.717, 1.165) is 5.56 Å². The number of hydrogen-bond donors (Lipinski definition) is 1. The summed E-state index contributed by atoms with van der Waals surface area (Å²) >= 11 is 5.90. The number of ether oxygens (including phenoxy) is 1. The Morgan fingerprint density at radius 2 is 2.00 bits per heavy atom. The molecule has 1 N–H and O–H groups in total. The predicted molar refractivity (Wildman–Crippen MR) is 96.3 cm³/mol. The fourth-order valence-electron chi connectivity index (χ4n) is 2.74. The van der Waals surface area contributed by atoms with Gasteiger partial charge in [-0.2, -0.15) is 0 Å². The summed E-state index contributed by atoms with van der Waals surface area (Å²) < 4.78 is 5.51. The molecule has 0 aromatic heterocycles. The molecule has 130 valence electrons. The van der Waals surface area contributed by atoms with Crippen molar-refractivity contribution in [3.8, 4) is 0 Å². The molecule has 0 saturated carbocycles. The quantitative estimate of drug-likeness (QED) is 0.893. The van der Waals surface area contributed by atoms with Gasteiger partial charge < -0.3 is 15.0 Å². The highest BCUT2D eigenvalue weighted by Crippen LogP contribution is 2.17. The first-order valence-electron chi connectivity index (χ1n) is 8.11. The molecule has 1 aliphatic rings. The second kappa shape index (κ2) is 8.14. The fourth-order valence-corrected chi connectivity index (χ4v) is 2.93. The summed E-state index contributed by atoms with van der Waals surface area (Å²) in [5.74, 6) is -0.432. The van der Waals surface area contributed by atoms with Gasteiger partial charge in [-0.15, -0.1) is 0 Å². The summed E-state index contributed by atoms with van der Waals surface area (Å²) in [7, 11) is 0. The molecule has 3 rings (SSSR count). The van der Waals surface area contributed by atoms with Crippen molar-refractivity contribution < 1.29 is 14.3 Å². The highest BCUT2D eigenvalue weighted by Gasteiger charge is 2.31. The molecule has 1 fully saturated rings. The lowest BCUT2D eigenvalue weighted by Crippen LogP contribution is -2.48. The van der Waals surface area contributed by atoms with Gasteiger partial charge in [0.15, 0.2) is 0 Å². The summed E-state index contributed by atoms with van der Waals surface area (Å²) in [6.07, 6.45) is -0.770. The minimum Gasteiger partial charge on any atom is -0.366 e. The van der Waals surface area contributed by atoms with E-state index in [1.165, 1.54) is 0 Å².